The summed E-state index contributed by atoms with van der Waals surface area (Å²) >= 11 is 0. The van der Waals surface area contributed by atoms with Gasteiger partial charge in [-0.05, 0) is 22.4 Å². The largest absolute Gasteiger partial charge is 0.243 e. The summed E-state index contributed by atoms with van der Waals surface area (Å²) in [6.07, 6.45) is 6.24. The van der Waals surface area contributed by atoms with Gasteiger partial charge in [0.05, 0.1) is 7.05 Å². The molecule has 2 heteroatoms. The molecule has 1 heterocycles. The van der Waals surface area contributed by atoms with E-state index in [9.17, 15) is 0 Å². The van der Waals surface area contributed by atoms with Gasteiger partial charge in [0, 0.05) is 0 Å². The summed E-state index contributed by atoms with van der Waals surface area (Å²) in [7, 11) is 2.04. The van der Waals surface area contributed by atoms with Crippen molar-refractivity contribution in [2.45, 2.75) is 6.54 Å². The number of hydrogen-bond donors (Lipinski definition) is 0. The zero-order chi connectivity index (χ0) is 11.7. The first-order valence-electron chi connectivity index (χ1n) is 5.80. The topological polar surface area (TPSA) is 8.81 Å². The van der Waals surface area contributed by atoms with Crippen LogP contribution in [0, 0.1) is 0 Å². The number of nitrogens with zero attached hydrogens (tertiary/aromatic N) is 2. The number of aryl methyl sites for hydroxylation is 1. The molecule has 0 aliphatic rings. The summed E-state index contributed by atoms with van der Waals surface area (Å²) in [4.78, 5) is 0. The van der Waals surface area contributed by atoms with Crippen LogP contribution in [0.5, 0.6) is 0 Å². The number of imidazole rings is 1. The van der Waals surface area contributed by atoms with Crippen LogP contribution in [0.2, 0.25) is 0 Å². The molecule has 0 fully saturated rings. The fourth-order valence-corrected chi connectivity index (χ4v) is 2.14. The third-order valence-corrected chi connectivity index (χ3v) is 3.00. The van der Waals surface area contributed by atoms with Crippen LogP contribution in [0.3, 0.4) is 0 Å². The van der Waals surface area contributed by atoms with Crippen molar-refractivity contribution >= 4 is 10.8 Å². The molecule has 0 amide bonds. The van der Waals surface area contributed by atoms with Crippen molar-refractivity contribution in [3.63, 3.8) is 0 Å². The third kappa shape index (κ3) is 2.07. The average molecular weight is 223 g/mol. The van der Waals surface area contributed by atoms with Crippen LogP contribution in [0.1, 0.15) is 5.56 Å². The molecule has 1 aromatic heterocycles. The number of aromatic nitrogens is 2. The molecular weight excluding hydrogens is 208 g/mol. The number of fused-ring (bicyclic) bond motifs is 1. The van der Waals surface area contributed by atoms with E-state index in [2.05, 4.69) is 70.3 Å². The minimum Gasteiger partial charge on any atom is -0.240 e. The van der Waals surface area contributed by atoms with E-state index in [1.165, 1.54) is 16.3 Å². The highest BCUT2D eigenvalue weighted by Crippen LogP contribution is 2.16. The lowest BCUT2D eigenvalue weighted by Crippen LogP contribution is -2.23. The fraction of sp³-hybridized carbons (Fsp3) is 0.133. The molecule has 17 heavy (non-hydrogen) atoms. The summed E-state index contributed by atoms with van der Waals surface area (Å²) in [5, 5.41) is 2.61. The highest BCUT2D eigenvalue weighted by molar-refractivity contribution is 5.82. The van der Waals surface area contributed by atoms with Gasteiger partial charge >= 0.3 is 0 Å². The van der Waals surface area contributed by atoms with E-state index in [4.69, 9.17) is 0 Å². The lowest BCUT2D eigenvalue weighted by Gasteiger charge is -2.01. The van der Waals surface area contributed by atoms with Gasteiger partial charge in [-0.3, -0.25) is 0 Å². The zero-order valence-electron chi connectivity index (χ0n) is 9.88. The first kappa shape index (κ1) is 10.1. The molecule has 0 atom stereocenters. The van der Waals surface area contributed by atoms with E-state index in [1.807, 2.05) is 7.05 Å². The molecular formula is C15H15N2+. The SMILES string of the molecule is C[n+]1ccn(Cc2ccc3ccccc3c2)c1. The molecule has 0 N–H and O–H groups in total. The Labute approximate surface area is 101 Å². The lowest BCUT2D eigenvalue weighted by atomic mass is 10.1. The summed E-state index contributed by atoms with van der Waals surface area (Å²) < 4.78 is 4.24. The minimum absolute atomic E-state index is 0.922. The first-order chi connectivity index (χ1) is 8.31. The van der Waals surface area contributed by atoms with Gasteiger partial charge in [0.2, 0.25) is 6.33 Å². The maximum atomic E-state index is 2.26. The molecule has 3 aromatic rings. The minimum atomic E-state index is 0.922. The molecule has 0 radical (unpaired) electrons. The highest BCUT2D eigenvalue weighted by Gasteiger charge is 2.02. The van der Waals surface area contributed by atoms with Crippen LogP contribution in [-0.2, 0) is 13.6 Å². The smallest absolute Gasteiger partial charge is 0.240 e. The van der Waals surface area contributed by atoms with Gasteiger partial charge < -0.3 is 0 Å². The van der Waals surface area contributed by atoms with Crippen LogP contribution in [0.15, 0.2) is 61.2 Å². The summed E-state index contributed by atoms with van der Waals surface area (Å²) in [6.45, 7) is 0.922. The van der Waals surface area contributed by atoms with Gasteiger partial charge in [-0.2, -0.15) is 0 Å². The molecule has 2 aromatic carbocycles. The molecule has 2 nitrogen and oxygen atoms in total. The van der Waals surface area contributed by atoms with Crippen molar-refractivity contribution in [1.29, 1.82) is 0 Å². The molecule has 0 aliphatic carbocycles. The Hall–Kier alpha value is -2.09. The van der Waals surface area contributed by atoms with Crippen LogP contribution in [0.4, 0.5) is 0 Å². The van der Waals surface area contributed by atoms with Crippen LogP contribution in [-0.4, -0.2) is 4.57 Å². The van der Waals surface area contributed by atoms with Crippen LogP contribution in [0.25, 0.3) is 10.8 Å². The van der Waals surface area contributed by atoms with E-state index < -0.39 is 0 Å². The van der Waals surface area contributed by atoms with Gasteiger partial charge in [0.25, 0.3) is 0 Å². The van der Waals surface area contributed by atoms with Crippen LogP contribution >= 0.6 is 0 Å². The number of benzene rings is 2. The van der Waals surface area contributed by atoms with E-state index in [-0.39, 0.29) is 0 Å². The Morgan fingerprint density at radius 2 is 1.88 bits per heavy atom. The second-order valence-electron chi connectivity index (χ2n) is 4.43. The van der Waals surface area contributed by atoms with Crippen molar-refractivity contribution in [3.05, 3.63) is 66.7 Å². The average Bonchev–Trinajstić information content (AvgIpc) is 2.75. The molecule has 0 saturated heterocycles. The Bertz CT molecular complexity index is 653. The predicted octanol–water partition coefficient (Wildman–Crippen LogP) is 2.51. The van der Waals surface area contributed by atoms with Gasteiger partial charge in [0.15, 0.2) is 0 Å². The van der Waals surface area contributed by atoms with E-state index in [0.717, 1.165) is 6.54 Å². The van der Waals surface area contributed by atoms with Gasteiger partial charge in [-0.1, -0.05) is 36.4 Å². The second kappa shape index (κ2) is 4.06. The van der Waals surface area contributed by atoms with Crippen LogP contribution < -0.4 is 4.57 Å². The monoisotopic (exact) mass is 223 g/mol. The standard InChI is InChI=1S/C15H15N2/c1-16-8-9-17(12-16)11-13-6-7-14-4-2-3-5-15(14)10-13/h2-10,12H,11H2,1H3/q+1. The summed E-state index contributed by atoms with van der Waals surface area (Å²) in [5.74, 6) is 0. The van der Waals surface area contributed by atoms with Gasteiger partial charge in [0.1, 0.15) is 18.9 Å². The van der Waals surface area contributed by atoms with Crippen molar-refractivity contribution in [3.8, 4) is 0 Å². The molecule has 3 rings (SSSR count). The molecule has 0 spiro atoms. The quantitative estimate of drug-likeness (QED) is 0.590. The highest BCUT2D eigenvalue weighted by atomic mass is 15.1. The maximum absolute atomic E-state index is 2.26. The lowest BCUT2D eigenvalue weighted by molar-refractivity contribution is -0.671. The van der Waals surface area contributed by atoms with E-state index in [1.54, 1.807) is 0 Å². The Balaban J connectivity index is 1.95. The van der Waals surface area contributed by atoms with Crippen molar-refractivity contribution in [1.82, 2.24) is 4.57 Å². The first-order valence-corrected chi connectivity index (χ1v) is 5.80. The second-order valence-corrected chi connectivity index (χ2v) is 4.43. The van der Waals surface area contributed by atoms with E-state index in [0.29, 0.717) is 0 Å². The number of hydrogen-bond acceptors (Lipinski definition) is 0. The van der Waals surface area contributed by atoms with Gasteiger partial charge in [-0.25, -0.2) is 9.13 Å². The Morgan fingerprint density at radius 1 is 1.06 bits per heavy atom. The molecule has 0 saturated carbocycles. The van der Waals surface area contributed by atoms with E-state index >= 15 is 0 Å². The molecule has 0 bridgehead atoms. The molecule has 0 aliphatic heterocycles. The van der Waals surface area contributed by atoms with Gasteiger partial charge in [-0.15, -0.1) is 0 Å². The number of rotatable bonds is 2. The Morgan fingerprint density at radius 3 is 2.65 bits per heavy atom. The third-order valence-electron chi connectivity index (χ3n) is 3.00. The van der Waals surface area contributed by atoms with Crippen molar-refractivity contribution < 1.29 is 4.57 Å². The predicted molar refractivity (Wildman–Crippen MR) is 68.7 cm³/mol. The Kier molecular flexibility index (Phi) is 2.41. The molecule has 0 unspecified atom stereocenters. The summed E-state index contributed by atoms with van der Waals surface area (Å²) in [6, 6.07) is 15.1. The fourth-order valence-electron chi connectivity index (χ4n) is 2.14. The zero-order valence-corrected chi connectivity index (χ0v) is 9.88. The normalized spacial score (nSPS) is 10.9. The van der Waals surface area contributed by atoms with Crippen molar-refractivity contribution in [2.75, 3.05) is 0 Å². The van der Waals surface area contributed by atoms with Crippen molar-refractivity contribution in [2.24, 2.45) is 7.05 Å². The maximum Gasteiger partial charge on any atom is 0.243 e. The summed E-state index contributed by atoms with van der Waals surface area (Å²) in [5.41, 5.74) is 1.33. The molecule has 84 valence electrons.